The van der Waals surface area contributed by atoms with E-state index >= 15 is 0 Å². The number of alkyl halides is 15. The largest absolute Gasteiger partial charge is 0.573 e. The molecule has 0 radical (unpaired) electrons. The molecule has 0 saturated heterocycles. The Labute approximate surface area is 441 Å². The van der Waals surface area contributed by atoms with Crippen molar-refractivity contribution in [1.29, 1.82) is 0 Å². The molecule has 7 aromatic rings. The van der Waals surface area contributed by atoms with Crippen molar-refractivity contribution in [3.63, 3.8) is 0 Å². The molecule has 0 aliphatic heterocycles. The zero-order valence-electron chi connectivity index (χ0n) is 39.7. The predicted octanol–water partition coefficient (Wildman–Crippen LogP) is 14.0. The smallest absolute Gasteiger partial charge is 0.406 e. The van der Waals surface area contributed by atoms with Gasteiger partial charge in [0, 0.05) is 67.0 Å². The molecule has 0 saturated carbocycles. The molecule has 0 bridgehead atoms. The maximum absolute atomic E-state index is 12.8. The van der Waals surface area contributed by atoms with Gasteiger partial charge < -0.3 is 28.3 Å². The lowest BCUT2D eigenvalue weighted by Crippen LogP contribution is -2.18. The lowest BCUT2D eigenvalue weighted by atomic mass is 10.2. The Morgan fingerprint density at radius 3 is 1.20 bits per heavy atom. The number of imidazole rings is 2. The number of benzene rings is 5. The Morgan fingerprint density at radius 2 is 0.793 bits per heavy atom. The van der Waals surface area contributed by atoms with Crippen LogP contribution in [0.2, 0.25) is 0 Å². The number of nitrogens with zero attached hydrogens (tertiary/aromatic N) is 8. The van der Waals surface area contributed by atoms with Gasteiger partial charge in [0.1, 0.15) is 34.6 Å². The van der Waals surface area contributed by atoms with Gasteiger partial charge in [-0.2, -0.15) is 4.39 Å². The Hall–Kier alpha value is -10.1. The third-order valence-corrected chi connectivity index (χ3v) is 8.47. The molecule has 0 fully saturated rings. The van der Waals surface area contributed by atoms with E-state index in [0.29, 0.717) is 53.9 Å². The van der Waals surface area contributed by atoms with Gasteiger partial charge in [-0.15, -0.1) is 65.9 Å². The van der Waals surface area contributed by atoms with Crippen LogP contribution in [-0.2, 0) is 0 Å². The first-order valence-corrected chi connectivity index (χ1v) is 20.6. The lowest BCUT2D eigenvalue weighted by Gasteiger charge is -2.10. The standard InChI is InChI=1S/2C11H8F3N3O3.2C7H3F4NO3.C7H4F4O/c1-7-5-16(6-15-7)10-4-8(20-11(12,13)14)2-3-9(10)17(18)19;1-7-5-16(6-15-7)8-2-3-9(17(18)19)10(4-8)20-11(12,13)14;8-5-3-4(15-7(9,10)11)1-2-6(5)12(13)14;8-4-1-2-5(12(13)14)6(3-4)15-7(9,10)11;8-5-2-1-3-6(4-5)12-7(9,10)11/h2*2-6H,1H3;2*1-3H;1-4H. The van der Waals surface area contributed by atoms with Crippen molar-refractivity contribution in [3.8, 4) is 40.1 Å². The molecule has 7 rings (SSSR count). The second-order valence-electron chi connectivity index (χ2n) is 14.6. The maximum atomic E-state index is 12.8. The maximum Gasteiger partial charge on any atom is 0.573 e. The Kier molecular flexibility index (Phi) is 21.9. The second kappa shape index (κ2) is 27.2. The number of hydrogen-bond acceptors (Lipinski definition) is 15. The molecule has 0 aliphatic rings. The molecule has 2 heterocycles. The third-order valence-electron chi connectivity index (χ3n) is 8.47. The molecule has 0 aliphatic carbocycles. The normalized spacial score (nSPS) is 11.3. The van der Waals surface area contributed by atoms with Crippen molar-refractivity contribution in [2.45, 2.75) is 45.7 Å². The van der Waals surface area contributed by atoms with Crippen LogP contribution in [0.3, 0.4) is 0 Å². The number of aromatic nitrogens is 4. The Balaban J connectivity index is 0.000000272. The summed E-state index contributed by atoms with van der Waals surface area (Å²) in [5, 5.41) is 42.0. The Morgan fingerprint density at radius 1 is 0.415 bits per heavy atom. The van der Waals surface area contributed by atoms with Crippen molar-refractivity contribution < 1.29 is 122 Å². The van der Waals surface area contributed by atoms with E-state index in [9.17, 15) is 119 Å². The Bertz CT molecular complexity index is 3350. The first-order valence-electron chi connectivity index (χ1n) is 20.6. The van der Waals surface area contributed by atoms with Crippen LogP contribution in [0.5, 0.6) is 28.7 Å². The van der Waals surface area contributed by atoms with Gasteiger partial charge in [0.25, 0.3) is 5.69 Å². The molecule has 0 unspecified atom stereocenters. The van der Waals surface area contributed by atoms with Crippen molar-refractivity contribution in [2.75, 3.05) is 0 Å². The van der Waals surface area contributed by atoms with Crippen LogP contribution >= 0.6 is 0 Å². The fourth-order valence-corrected chi connectivity index (χ4v) is 5.54. The van der Waals surface area contributed by atoms with Crippen LogP contribution in [0.25, 0.3) is 11.4 Å². The fourth-order valence-electron chi connectivity index (χ4n) is 5.54. The van der Waals surface area contributed by atoms with Gasteiger partial charge in [-0.1, -0.05) is 6.07 Å². The van der Waals surface area contributed by atoms with Crippen molar-refractivity contribution in [3.05, 3.63) is 191 Å². The third kappa shape index (κ3) is 23.4. The van der Waals surface area contributed by atoms with Gasteiger partial charge in [-0.3, -0.25) is 45.0 Å². The summed E-state index contributed by atoms with van der Waals surface area (Å²) in [5.74, 6) is -7.19. The minimum Gasteiger partial charge on any atom is -0.406 e. The number of rotatable bonds is 11. The van der Waals surface area contributed by atoms with Crippen LogP contribution in [-0.4, -0.2) is 70.6 Å². The summed E-state index contributed by atoms with van der Waals surface area (Å²) in [5.41, 5.74) is -1.53. The van der Waals surface area contributed by atoms with E-state index in [1.165, 1.54) is 34.1 Å². The highest BCUT2D eigenvalue weighted by atomic mass is 19.4. The summed E-state index contributed by atoms with van der Waals surface area (Å²) in [7, 11) is 0. The van der Waals surface area contributed by atoms with Crippen molar-refractivity contribution in [2.24, 2.45) is 0 Å². The average molecular weight is 1200 g/mol. The average Bonchev–Trinajstić information content (AvgIpc) is 3.94. The molecule has 2 aromatic heterocycles. The first-order chi connectivity index (χ1) is 37.6. The zero-order chi connectivity index (χ0) is 62.3. The number of aryl methyl sites for hydroxylation is 2. The molecule has 39 heteroatoms. The second-order valence-corrected chi connectivity index (χ2v) is 14.6. The molecule has 0 atom stereocenters. The molecule has 0 N–H and O–H groups in total. The van der Waals surface area contributed by atoms with E-state index in [1.54, 1.807) is 20.0 Å². The molecule has 5 aromatic carbocycles. The highest BCUT2D eigenvalue weighted by Gasteiger charge is 2.37. The summed E-state index contributed by atoms with van der Waals surface area (Å²) in [6.45, 7) is 3.35. The van der Waals surface area contributed by atoms with Crippen LogP contribution in [0.4, 0.5) is 102 Å². The van der Waals surface area contributed by atoms with E-state index in [-0.39, 0.29) is 17.1 Å². The molecule has 0 spiro atoms. The number of hydrogen-bond donors (Lipinski definition) is 0. The van der Waals surface area contributed by atoms with Gasteiger partial charge in [-0.25, -0.2) is 18.7 Å². The number of ether oxygens (including phenoxy) is 5. The minimum atomic E-state index is -5.10. The zero-order valence-corrected chi connectivity index (χ0v) is 39.7. The van der Waals surface area contributed by atoms with E-state index < -0.39 is 115 Å². The summed E-state index contributed by atoms with van der Waals surface area (Å²) in [4.78, 5) is 46.0. The summed E-state index contributed by atoms with van der Waals surface area (Å²) in [6.07, 6.45) is -19.0. The predicted molar refractivity (Wildman–Crippen MR) is 236 cm³/mol. The SMILES string of the molecule is Cc1cn(-c2cc(OC(F)(F)F)ccc2[N+](=O)[O-])cn1.Cc1cn(-c2ccc([N+](=O)[O-])c(OC(F)(F)F)c2)cn1.Fc1cccc(OC(F)(F)F)c1.O=[N+]([O-])c1ccc(F)cc1OC(F)(F)F.O=[N+]([O-])c1ccc(OC(F)(F)F)cc1F. The van der Waals surface area contributed by atoms with Crippen LogP contribution in [0.1, 0.15) is 11.4 Å². The monoisotopic (exact) mass is 1200 g/mol. The fraction of sp³-hybridized carbons (Fsp3) is 0.163. The van der Waals surface area contributed by atoms with E-state index in [1.807, 2.05) is 0 Å². The summed E-state index contributed by atoms with van der Waals surface area (Å²) >= 11 is 0. The van der Waals surface area contributed by atoms with Gasteiger partial charge >= 0.3 is 48.9 Å². The van der Waals surface area contributed by atoms with Crippen LogP contribution in [0.15, 0.2) is 122 Å². The molecule has 82 heavy (non-hydrogen) atoms. The molecule has 442 valence electrons. The lowest BCUT2D eigenvalue weighted by molar-refractivity contribution is -0.388. The van der Waals surface area contributed by atoms with Crippen molar-refractivity contribution >= 4 is 22.7 Å². The van der Waals surface area contributed by atoms with Crippen LogP contribution < -0.4 is 23.7 Å². The molecular weight excluding hydrogens is 1180 g/mol. The summed E-state index contributed by atoms with van der Waals surface area (Å²) < 4.78 is 236. The molecule has 0 amide bonds. The number of halogens is 18. The van der Waals surface area contributed by atoms with Gasteiger partial charge in [0.2, 0.25) is 17.3 Å². The topological polar surface area (TPSA) is 254 Å². The summed E-state index contributed by atoms with van der Waals surface area (Å²) in [6, 6.07) is 12.9. The molecular formula is C43H26F18N8O13. The quantitative estimate of drug-likeness (QED) is 0.0663. The minimum absolute atomic E-state index is 0.0580. The molecule has 21 nitrogen and oxygen atoms in total. The highest BCUT2D eigenvalue weighted by molar-refractivity contribution is 5.56. The van der Waals surface area contributed by atoms with E-state index in [2.05, 4.69) is 33.7 Å². The first kappa shape index (κ1) is 66.1. The van der Waals surface area contributed by atoms with Gasteiger partial charge in [0.05, 0.1) is 49.4 Å². The highest BCUT2D eigenvalue weighted by Crippen LogP contribution is 2.36. The number of nitro groups is 4. The van der Waals surface area contributed by atoms with E-state index in [4.69, 9.17) is 0 Å². The van der Waals surface area contributed by atoms with Crippen molar-refractivity contribution in [1.82, 2.24) is 19.1 Å². The van der Waals surface area contributed by atoms with Gasteiger partial charge in [0.15, 0.2) is 0 Å². The van der Waals surface area contributed by atoms with Crippen LogP contribution in [0, 0.1) is 71.8 Å². The van der Waals surface area contributed by atoms with E-state index in [0.717, 1.165) is 48.5 Å². The number of nitro benzene ring substituents is 4. The van der Waals surface area contributed by atoms with Gasteiger partial charge in [-0.05, 0) is 50.2 Å².